The quantitative estimate of drug-likeness (QED) is 0.569. The number of nitrogens with two attached hydrogens (primary N) is 1. The predicted molar refractivity (Wildman–Crippen MR) is 90.3 cm³/mol. The second-order valence-corrected chi connectivity index (χ2v) is 5.94. The molecule has 0 atom stereocenters. The van der Waals surface area contributed by atoms with Gasteiger partial charge in [0, 0.05) is 23.9 Å². The molecule has 2 aromatic heterocycles. The fourth-order valence-electron chi connectivity index (χ4n) is 2.38. The molecule has 22 heavy (non-hydrogen) atoms. The molecule has 0 fully saturated rings. The van der Waals surface area contributed by atoms with E-state index in [0.29, 0.717) is 17.6 Å². The predicted octanol–water partition coefficient (Wildman–Crippen LogP) is 3.70. The summed E-state index contributed by atoms with van der Waals surface area (Å²) in [7, 11) is 0. The summed E-state index contributed by atoms with van der Waals surface area (Å²) in [5.41, 5.74) is 9.51. The summed E-state index contributed by atoms with van der Waals surface area (Å²) in [6.45, 7) is 4.86. The Morgan fingerprint density at radius 3 is 2.86 bits per heavy atom. The number of anilines is 2. The Labute approximate surface area is 134 Å². The van der Waals surface area contributed by atoms with E-state index in [4.69, 9.17) is 17.3 Å². The molecule has 0 spiro atoms. The van der Waals surface area contributed by atoms with E-state index >= 15 is 0 Å². The molecule has 0 saturated carbocycles. The number of nitrogens with zero attached hydrogens (tertiary/aromatic N) is 3. The Hall–Kier alpha value is -2.27. The van der Waals surface area contributed by atoms with Crippen molar-refractivity contribution in [1.82, 2.24) is 14.6 Å². The van der Waals surface area contributed by atoms with Gasteiger partial charge in [-0.2, -0.15) is 9.61 Å². The van der Waals surface area contributed by atoms with E-state index in [1.54, 1.807) is 10.6 Å². The van der Waals surface area contributed by atoms with Crippen LogP contribution in [0.3, 0.4) is 0 Å². The maximum Gasteiger partial charge on any atom is 0.162 e. The first-order chi connectivity index (χ1) is 10.5. The van der Waals surface area contributed by atoms with Crippen molar-refractivity contribution < 1.29 is 0 Å². The Balaban J connectivity index is 1.93. The number of nitrogens with one attached hydrogen (secondary N) is 1. The summed E-state index contributed by atoms with van der Waals surface area (Å²) in [6, 6.07) is 9.54. The van der Waals surface area contributed by atoms with E-state index in [1.165, 1.54) is 0 Å². The average Bonchev–Trinajstić information content (AvgIpc) is 2.88. The van der Waals surface area contributed by atoms with Crippen LogP contribution in [0.2, 0.25) is 5.15 Å². The number of halogens is 1. The van der Waals surface area contributed by atoms with Crippen molar-refractivity contribution in [1.29, 1.82) is 0 Å². The molecule has 3 N–H and O–H groups in total. The summed E-state index contributed by atoms with van der Waals surface area (Å²) in [4.78, 5) is 4.39. The smallest absolute Gasteiger partial charge is 0.162 e. The molecule has 2 heterocycles. The second-order valence-electron chi connectivity index (χ2n) is 5.55. The maximum atomic E-state index is 6.15. The van der Waals surface area contributed by atoms with Gasteiger partial charge < -0.3 is 11.1 Å². The molecule has 5 nitrogen and oxygen atoms in total. The van der Waals surface area contributed by atoms with Gasteiger partial charge in [-0.05, 0) is 23.6 Å². The van der Waals surface area contributed by atoms with Crippen LogP contribution in [0.4, 0.5) is 11.5 Å². The first kappa shape index (κ1) is 14.7. The van der Waals surface area contributed by atoms with E-state index in [1.807, 2.05) is 30.5 Å². The third-order valence-corrected chi connectivity index (χ3v) is 3.71. The van der Waals surface area contributed by atoms with Crippen LogP contribution in [-0.4, -0.2) is 14.6 Å². The Kier molecular flexibility index (Phi) is 3.90. The highest BCUT2D eigenvalue weighted by atomic mass is 35.5. The van der Waals surface area contributed by atoms with Gasteiger partial charge in [-0.25, -0.2) is 4.98 Å². The van der Waals surface area contributed by atoms with Crippen molar-refractivity contribution in [3.8, 4) is 0 Å². The lowest BCUT2D eigenvalue weighted by Gasteiger charge is -2.10. The summed E-state index contributed by atoms with van der Waals surface area (Å²) in [5.74, 6) is 1.15. The lowest BCUT2D eigenvalue weighted by atomic mass is 10.1. The van der Waals surface area contributed by atoms with Gasteiger partial charge in [0.1, 0.15) is 11.0 Å². The molecule has 0 radical (unpaired) electrons. The number of rotatable bonds is 4. The largest absolute Gasteiger partial charge is 0.399 e. The Morgan fingerprint density at radius 1 is 1.32 bits per heavy atom. The fourth-order valence-corrected chi connectivity index (χ4v) is 2.56. The van der Waals surface area contributed by atoms with Crippen molar-refractivity contribution in [3.63, 3.8) is 0 Å². The molecule has 0 bridgehead atoms. The van der Waals surface area contributed by atoms with E-state index in [-0.39, 0.29) is 0 Å². The number of nitrogen functional groups attached to an aromatic ring is 1. The normalized spacial score (nSPS) is 11.3. The van der Waals surface area contributed by atoms with Gasteiger partial charge in [0.2, 0.25) is 0 Å². The molecule has 114 valence electrons. The molecule has 6 heteroatoms. The van der Waals surface area contributed by atoms with E-state index in [9.17, 15) is 0 Å². The van der Waals surface area contributed by atoms with Gasteiger partial charge in [-0.1, -0.05) is 37.6 Å². The average molecular weight is 316 g/mol. The highest BCUT2D eigenvalue weighted by Crippen LogP contribution is 2.24. The molecule has 3 rings (SSSR count). The zero-order valence-corrected chi connectivity index (χ0v) is 13.3. The van der Waals surface area contributed by atoms with Crippen LogP contribution in [0.5, 0.6) is 0 Å². The van der Waals surface area contributed by atoms with E-state index in [0.717, 1.165) is 28.3 Å². The molecule has 3 aromatic rings. The topological polar surface area (TPSA) is 68.2 Å². The minimum atomic E-state index is 0.338. The third-order valence-electron chi connectivity index (χ3n) is 3.51. The van der Waals surface area contributed by atoms with Crippen molar-refractivity contribution in [2.45, 2.75) is 26.3 Å². The van der Waals surface area contributed by atoms with Gasteiger partial charge >= 0.3 is 0 Å². The Bertz CT molecular complexity index is 809. The molecule has 1 aromatic carbocycles. The number of aromatic nitrogens is 3. The third kappa shape index (κ3) is 2.85. The number of fused-ring (bicyclic) bond motifs is 1. The molecule has 0 saturated heterocycles. The van der Waals surface area contributed by atoms with Crippen LogP contribution < -0.4 is 11.1 Å². The molecule has 0 aliphatic carbocycles. The lowest BCUT2D eigenvalue weighted by Crippen LogP contribution is -2.06. The van der Waals surface area contributed by atoms with Crippen LogP contribution in [0.1, 0.15) is 30.9 Å². The highest BCUT2D eigenvalue weighted by molar-refractivity contribution is 6.29. The zero-order valence-electron chi connectivity index (χ0n) is 12.5. The number of benzene rings is 1. The fraction of sp³-hybridized carbons (Fsp3) is 0.250. The zero-order chi connectivity index (χ0) is 15.7. The molecule has 0 amide bonds. The van der Waals surface area contributed by atoms with Crippen molar-refractivity contribution in [2.24, 2.45) is 0 Å². The molecule has 0 aliphatic heterocycles. The van der Waals surface area contributed by atoms with Crippen LogP contribution >= 0.6 is 11.6 Å². The van der Waals surface area contributed by atoms with Crippen molar-refractivity contribution >= 4 is 28.8 Å². The van der Waals surface area contributed by atoms with Crippen LogP contribution in [0.15, 0.2) is 36.5 Å². The van der Waals surface area contributed by atoms with Crippen LogP contribution in [-0.2, 0) is 6.54 Å². The van der Waals surface area contributed by atoms with Gasteiger partial charge in [0.25, 0.3) is 0 Å². The van der Waals surface area contributed by atoms with Gasteiger partial charge in [-0.3, -0.25) is 0 Å². The van der Waals surface area contributed by atoms with Crippen molar-refractivity contribution in [3.05, 3.63) is 52.8 Å². The second kappa shape index (κ2) is 5.85. The maximum absolute atomic E-state index is 6.15. The van der Waals surface area contributed by atoms with E-state index in [2.05, 4.69) is 29.2 Å². The minimum Gasteiger partial charge on any atom is -0.399 e. The van der Waals surface area contributed by atoms with Gasteiger partial charge in [0.05, 0.1) is 6.20 Å². The summed E-state index contributed by atoms with van der Waals surface area (Å²) in [6.07, 6.45) is 1.84. The van der Waals surface area contributed by atoms with Gasteiger partial charge in [-0.15, -0.1) is 0 Å². The van der Waals surface area contributed by atoms with Crippen LogP contribution in [0, 0.1) is 0 Å². The molecular weight excluding hydrogens is 298 g/mol. The van der Waals surface area contributed by atoms with Gasteiger partial charge in [0.15, 0.2) is 5.65 Å². The summed E-state index contributed by atoms with van der Waals surface area (Å²) in [5, 5.41) is 8.21. The highest BCUT2D eigenvalue weighted by Gasteiger charge is 2.13. The summed E-state index contributed by atoms with van der Waals surface area (Å²) >= 11 is 6.15. The SMILES string of the molecule is CC(C)c1cnn2c(NCc3cccc(N)c3)cc(Cl)nc12. The minimum absolute atomic E-state index is 0.338. The molecule has 0 unspecified atom stereocenters. The molecule has 0 aliphatic rings. The van der Waals surface area contributed by atoms with Crippen LogP contribution in [0.25, 0.3) is 5.65 Å². The lowest BCUT2D eigenvalue weighted by molar-refractivity contribution is 0.871. The monoisotopic (exact) mass is 315 g/mol. The number of hydrogen-bond donors (Lipinski definition) is 2. The first-order valence-corrected chi connectivity index (χ1v) is 7.55. The van der Waals surface area contributed by atoms with Crippen molar-refractivity contribution in [2.75, 3.05) is 11.1 Å². The standard InChI is InChI=1S/C16H18ClN5/c1-10(2)13-9-20-22-15(7-14(17)21-16(13)22)19-8-11-4-3-5-12(18)6-11/h3-7,9-10,19H,8,18H2,1-2H3. The van der Waals surface area contributed by atoms with E-state index < -0.39 is 0 Å². The number of hydrogen-bond acceptors (Lipinski definition) is 4. The molecular formula is C16H18ClN5. The summed E-state index contributed by atoms with van der Waals surface area (Å²) < 4.78 is 1.79. The first-order valence-electron chi connectivity index (χ1n) is 7.17. The Morgan fingerprint density at radius 2 is 2.14 bits per heavy atom.